The summed E-state index contributed by atoms with van der Waals surface area (Å²) in [5, 5.41) is 0.423. The van der Waals surface area contributed by atoms with E-state index in [0.29, 0.717) is 5.06 Å². The van der Waals surface area contributed by atoms with Crippen molar-refractivity contribution in [2.75, 3.05) is 26.2 Å². The average molecular weight is 441 g/mol. The molecule has 3 amide bonds. The van der Waals surface area contributed by atoms with Crippen molar-refractivity contribution < 1.29 is 36.8 Å². The molecule has 0 bridgehead atoms. The molecule has 3 rings (SSSR count). The Morgan fingerprint density at radius 2 is 1.50 bits per heavy atom. The van der Waals surface area contributed by atoms with E-state index in [-0.39, 0.29) is 62.7 Å². The second-order valence-electron chi connectivity index (χ2n) is 6.78. The first-order valence-corrected chi connectivity index (χ1v) is 10.7. The molecular weight excluding hydrogens is 421 g/mol. The van der Waals surface area contributed by atoms with Crippen LogP contribution in [0.25, 0.3) is 0 Å². The van der Waals surface area contributed by atoms with Crippen molar-refractivity contribution in [2.45, 2.75) is 30.6 Å². The summed E-state index contributed by atoms with van der Waals surface area (Å²) >= 11 is 0. The molecule has 0 spiro atoms. The van der Waals surface area contributed by atoms with Crippen molar-refractivity contribution in [3.05, 3.63) is 30.1 Å². The van der Waals surface area contributed by atoms with Crippen LogP contribution in [-0.4, -0.2) is 72.6 Å². The first kappa shape index (κ1) is 21.8. The van der Waals surface area contributed by atoms with Gasteiger partial charge in [0.15, 0.2) is 0 Å². The maximum atomic E-state index is 13.0. The van der Waals surface area contributed by atoms with Gasteiger partial charge in [-0.05, 0) is 24.3 Å². The fourth-order valence-corrected chi connectivity index (χ4v) is 4.53. The van der Waals surface area contributed by atoms with E-state index in [1.165, 1.54) is 21.3 Å². The number of benzene rings is 1. The van der Waals surface area contributed by atoms with E-state index >= 15 is 0 Å². The Balaban J connectivity index is 1.47. The number of imide groups is 1. The van der Waals surface area contributed by atoms with Crippen LogP contribution in [0, 0.1) is 5.82 Å². The third kappa shape index (κ3) is 4.82. The van der Waals surface area contributed by atoms with Gasteiger partial charge < -0.3 is 9.74 Å². The van der Waals surface area contributed by atoms with Crippen molar-refractivity contribution >= 4 is 33.7 Å². The van der Waals surface area contributed by atoms with E-state index in [1.807, 2.05) is 0 Å². The van der Waals surface area contributed by atoms with E-state index in [9.17, 15) is 32.0 Å². The number of hydrogen-bond acceptors (Lipinski definition) is 7. The van der Waals surface area contributed by atoms with Crippen LogP contribution in [0.2, 0.25) is 0 Å². The number of hydrogen-bond donors (Lipinski definition) is 0. The van der Waals surface area contributed by atoms with Gasteiger partial charge in [-0.2, -0.15) is 4.31 Å². The molecule has 0 N–H and O–H groups in total. The van der Waals surface area contributed by atoms with Crippen LogP contribution in [-0.2, 0) is 34.0 Å². The molecule has 0 saturated carbocycles. The Hall–Kier alpha value is -2.86. The molecule has 0 aromatic heterocycles. The van der Waals surface area contributed by atoms with Crippen LogP contribution in [0.5, 0.6) is 0 Å². The molecule has 0 unspecified atom stereocenters. The van der Waals surface area contributed by atoms with E-state index in [0.717, 1.165) is 12.1 Å². The normalized spacial score (nSPS) is 18.0. The van der Waals surface area contributed by atoms with Crippen molar-refractivity contribution in [1.29, 1.82) is 0 Å². The van der Waals surface area contributed by atoms with Gasteiger partial charge in [0, 0.05) is 45.4 Å². The van der Waals surface area contributed by atoms with Gasteiger partial charge in [0.05, 0.1) is 11.3 Å². The number of sulfonamides is 1. The Bertz CT molecular complexity index is 940. The molecule has 1 aromatic carbocycles. The SMILES string of the molecule is O=C(CCC(=O)N1CCN(S(=O)(=O)c2ccc(F)cc2)CC1)ON1C(=O)CCC1=O. The zero-order valence-electron chi connectivity index (χ0n) is 16.0. The number of amides is 3. The van der Waals surface area contributed by atoms with Crippen LogP contribution in [0.4, 0.5) is 4.39 Å². The molecule has 2 saturated heterocycles. The summed E-state index contributed by atoms with van der Waals surface area (Å²) in [6.45, 7) is 0.397. The third-order valence-corrected chi connectivity index (χ3v) is 6.70. The fraction of sp³-hybridized carbons (Fsp3) is 0.444. The van der Waals surface area contributed by atoms with Gasteiger partial charge in [-0.15, -0.1) is 5.06 Å². The van der Waals surface area contributed by atoms with Crippen molar-refractivity contribution in [3.8, 4) is 0 Å². The fourth-order valence-electron chi connectivity index (χ4n) is 3.11. The molecule has 0 aliphatic carbocycles. The van der Waals surface area contributed by atoms with Crippen LogP contribution >= 0.6 is 0 Å². The lowest BCUT2D eigenvalue weighted by molar-refractivity contribution is -0.197. The molecule has 2 fully saturated rings. The largest absolute Gasteiger partial charge is 0.340 e. The molecular formula is C18H20FN3O7S. The maximum Gasteiger partial charge on any atom is 0.333 e. The lowest BCUT2D eigenvalue weighted by Crippen LogP contribution is -2.50. The molecule has 2 heterocycles. The number of hydroxylamine groups is 2. The van der Waals surface area contributed by atoms with Gasteiger partial charge in [0.2, 0.25) is 15.9 Å². The summed E-state index contributed by atoms with van der Waals surface area (Å²) in [6, 6.07) is 4.50. The lowest BCUT2D eigenvalue weighted by Gasteiger charge is -2.34. The first-order valence-electron chi connectivity index (χ1n) is 9.28. The molecule has 10 nitrogen and oxygen atoms in total. The number of piperazine rings is 1. The Kier molecular flexibility index (Phi) is 6.46. The van der Waals surface area contributed by atoms with Gasteiger partial charge >= 0.3 is 5.97 Å². The smallest absolute Gasteiger partial charge is 0.333 e. The minimum atomic E-state index is -3.79. The third-order valence-electron chi connectivity index (χ3n) is 4.78. The minimum Gasteiger partial charge on any atom is -0.340 e. The summed E-state index contributed by atoms with van der Waals surface area (Å²) < 4.78 is 39.4. The Morgan fingerprint density at radius 3 is 2.07 bits per heavy atom. The van der Waals surface area contributed by atoms with Gasteiger partial charge in [-0.1, -0.05) is 0 Å². The van der Waals surface area contributed by atoms with Crippen molar-refractivity contribution in [1.82, 2.24) is 14.3 Å². The number of halogens is 1. The summed E-state index contributed by atoms with van der Waals surface area (Å²) in [4.78, 5) is 53.0. The van der Waals surface area contributed by atoms with Gasteiger partial charge in [0.25, 0.3) is 11.8 Å². The molecule has 30 heavy (non-hydrogen) atoms. The second kappa shape index (κ2) is 8.88. The molecule has 12 heteroatoms. The summed E-state index contributed by atoms with van der Waals surface area (Å²) in [6.07, 6.45) is -0.546. The predicted octanol–water partition coefficient (Wildman–Crippen LogP) is 0.0460. The van der Waals surface area contributed by atoms with Gasteiger partial charge in [-0.3, -0.25) is 14.4 Å². The lowest BCUT2D eigenvalue weighted by atomic mass is 10.2. The summed E-state index contributed by atoms with van der Waals surface area (Å²) in [7, 11) is -3.79. The number of carbonyl (C=O) groups is 4. The van der Waals surface area contributed by atoms with E-state index in [4.69, 9.17) is 4.84 Å². The number of rotatable bonds is 6. The first-order chi connectivity index (χ1) is 14.2. The molecule has 0 atom stereocenters. The Morgan fingerprint density at radius 1 is 0.933 bits per heavy atom. The van der Waals surface area contributed by atoms with Crippen molar-refractivity contribution in [2.24, 2.45) is 0 Å². The zero-order valence-corrected chi connectivity index (χ0v) is 16.8. The summed E-state index contributed by atoms with van der Waals surface area (Å²) in [5.41, 5.74) is 0. The number of nitrogens with zero attached hydrogens (tertiary/aromatic N) is 3. The monoisotopic (exact) mass is 441 g/mol. The molecule has 2 aliphatic heterocycles. The van der Waals surface area contributed by atoms with Gasteiger partial charge in [-0.25, -0.2) is 17.6 Å². The highest BCUT2D eigenvalue weighted by atomic mass is 32.2. The van der Waals surface area contributed by atoms with Crippen LogP contribution in [0.15, 0.2) is 29.2 Å². The van der Waals surface area contributed by atoms with Crippen LogP contribution < -0.4 is 0 Å². The predicted molar refractivity (Wildman–Crippen MR) is 98.2 cm³/mol. The van der Waals surface area contributed by atoms with E-state index in [1.54, 1.807) is 0 Å². The minimum absolute atomic E-state index is 0.0177. The molecule has 1 aromatic rings. The van der Waals surface area contributed by atoms with Crippen LogP contribution in [0.3, 0.4) is 0 Å². The topological polar surface area (TPSA) is 121 Å². The van der Waals surface area contributed by atoms with Gasteiger partial charge in [0.1, 0.15) is 5.82 Å². The summed E-state index contributed by atoms with van der Waals surface area (Å²) in [5.74, 6) is -2.98. The standard InChI is InChI=1S/C18H20FN3O7S/c19-13-1-3-14(4-2-13)30(27,28)21-11-9-20(10-12-21)15(23)7-8-18(26)29-22-16(24)5-6-17(22)25/h1-4H,5-12H2. The molecule has 162 valence electrons. The van der Waals surface area contributed by atoms with Crippen molar-refractivity contribution in [3.63, 3.8) is 0 Å². The van der Waals surface area contributed by atoms with Crippen LogP contribution in [0.1, 0.15) is 25.7 Å². The van der Waals surface area contributed by atoms with E-state index < -0.39 is 33.6 Å². The highest BCUT2D eigenvalue weighted by molar-refractivity contribution is 7.89. The molecule has 2 aliphatic rings. The quantitative estimate of drug-likeness (QED) is 0.572. The maximum absolute atomic E-state index is 13.0. The zero-order chi connectivity index (χ0) is 21.9. The average Bonchev–Trinajstić information content (AvgIpc) is 3.04. The Labute approximate surface area is 172 Å². The molecule has 0 radical (unpaired) electrons. The highest BCUT2D eigenvalue weighted by Gasteiger charge is 2.33. The highest BCUT2D eigenvalue weighted by Crippen LogP contribution is 2.19. The second-order valence-corrected chi connectivity index (χ2v) is 8.72. The number of carbonyl (C=O) groups excluding carboxylic acids is 4. The van der Waals surface area contributed by atoms with E-state index in [2.05, 4.69) is 0 Å².